The van der Waals surface area contributed by atoms with E-state index in [9.17, 15) is 14.4 Å². The van der Waals surface area contributed by atoms with Crippen LogP contribution < -0.4 is 22.5 Å². The van der Waals surface area contributed by atoms with Crippen molar-refractivity contribution >= 4 is 17.7 Å². The number of primary amides is 2. The summed E-state index contributed by atoms with van der Waals surface area (Å²) in [6.45, 7) is 7.59. The minimum atomic E-state index is -0.938. The van der Waals surface area contributed by atoms with Crippen molar-refractivity contribution in [2.45, 2.75) is 25.3 Å². The Morgan fingerprint density at radius 1 is 0.513 bits per heavy atom. The van der Waals surface area contributed by atoms with Crippen LogP contribution in [0.5, 0.6) is 0 Å². The fourth-order valence-electron chi connectivity index (χ4n) is 2.73. The van der Waals surface area contributed by atoms with Crippen LogP contribution in [0, 0.1) is 0 Å². The van der Waals surface area contributed by atoms with Crippen LogP contribution in [0.1, 0.15) is 19.3 Å². The Morgan fingerprint density at radius 3 is 1.15 bits per heavy atom. The number of carbonyl (C=O) groups is 3. The number of nitrogens with two attached hydrogens (primary N) is 3. The zero-order chi connectivity index (χ0) is 28.8. The van der Waals surface area contributed by atoms with Gasteiger partial charge in [0.2, 0.25) is 17.7 Å². The quantitative estimate of drug-likeness (QED) is 0.0650. The minimum Gasteiger partial charge on any atom is -0.379 e. The Balaban J connectivity index is 3.28. The summed E-state index contributed by atoms with van der Waals surface area (Å²) in [4.78, 5) is 34.0. The van der Waals surface area contributed by atoms with Crippen LogP contribution in [0.25, 0.3) is 0 Å². The first-order valence-corrected chi connectivity index (χ1v) is 13.2. The second kappa shape index (κ2) is 29.0. The molecule has 0 aliphatic heterocycles. The highest BCUT2D eigenvalue weighted by Gasteiger charge is 2.18. The number of amides is 3. The third kappa shape index (κ3) is 28.9. The molecule has 0 radical (unpaired) electrons. The highest BCUT2D eigenvalue weighted by atomic mass is 16.6. The molecule has 39 heavy (non-hydrogen) atoms. The lowest BCUT2D eigenvalue weighted by Gasteiger charge is -2.14. The van der Waals surface area contributed by atoms with E-state index in [0.717, 1.165) is 0 Å². The SMILES string of the molecule is NCCOCCOCCOCCOCCOCCOCCOCCOCCC(=O)N[C@@H](CCC(N)=O)C(N)=O. The van der Waals surface area contributed by atoms with Crippen molar-refractivity contribution in [1.82, 2.24) is 5.32 Å². The van der Waals surface area contributed by atoms with Gasteiger partial charge in [0, 0.05) is 19.4 Å². The summed E-state index contributed by atoms with van der Waals surface area (Å²) in [5.41, 5.74) is 15.6. The Labute approximate surface area is 230 Å². The zero-order valence-corrected chi connectivity index (χ0v) is 22.9. The normalized spacial score (nSPS) is 11.9. The van der Waals surface area contributed by atoms with Gasteiger partial charge < -0.3 is 60.4 Å². The molecular weight excluding hydrogens is 520 g/mol. The monoisotopic (exact) mass is 568 g/mol. The molecule has 0 fully saturated rings. The Bertz CT molecular complexity index is 602. The molecular formula is C24H48N4O11. The van der Waals surface area contributed by atoms with Crippen LogP contribution in [0.15, 0.2) is 0 Å². The molecule has 0 saturated carbocycles. The standard InChI is InChI=1S/C24H48N4O11/c25-4-6-33-8-10-35-12-14-37-16-18-39-20-19-38-17-15-36-13-11-34-9-7-32-5-3-23(30)28-21(24(27)31)1-2-22(26)29/h21H,1-20,25H2,(H2,26,29)(H2,27,31)(H,28,30)/t21-/m0/s1. The van der Waals surface area contributed by atoms with Crippen molar-refractivity contribution in [3.63, 3.8) is 0 Å². The predicted octanol–water partition coefficient (Wildman–Crippen LogP) is -2.30. The van der Waals surface area contributed by atoms with Gasteiger partial charge in [0.25, 0.3) is 0 Å². The molecule has 230 valence electrons. The van der Waals surface area contributed by atoms with Crippen molar-refractivity contribution in [2.75, 3.05) is 112 Å². The molecule has 0 spiro atoms. The fraction of sp³-hybridized carbons (Fsp3) is 0.875. The van der Waals surface area contributed by atoms with E-state index < -0.39 is 23.8 Å². The smallest absolute Gasteiger partial charge is 0.240 e. The van der Waals surface area contributed by atoms with E-state index in [1.54, 1.807) is 0 Å². The van der Waals surface area contributed by atoms with Gasteiger partial charge in [0.1, 0.15) is 6.04 Å². The minimum absolute atomic E-state index is 0.0459. The van der Waals surface area contributed by atoms with E-state index in [1.165, 1.54) is 0 Å². The van der Waals surface area contributed by atoms with Gasteiger partial charge in [-0.1, -0.05) is 0 Å². The molecule has 0 aliphatic rings. The lowest BCUT2D eigenvalue weighted by molar-refractivity contribution is -0.128. The Morgan fingerprint density at radius 2 is 0.846 bits per heavy atom. The maximum atomic E-state index is 11.8. The summed E-state index contributed by atoms with van der Waals surface area (Å²) >= 11 is 0. The highest BCUT2D eigenvalue weighted by molar-refractivity contribution is 5.87. The van der Waals surface area contributed by atoms with E-state index in [4.69, 9.17) is 55.1 Å². The molecule has 1 atom stereocenters. The lowest BCUT2D eigenvalue weighted by Crippen LogP contribution is -2.45. The highest BCUT2D eigenvalue weighted by Crippen LogP contribution is 1.97. The van der Waals surface area contributed by atoms with Crippen LogP contribution in [-0.2, 0) is 52.3 Å². The third-order valence-corrected chi connectivity index (χ3v) is 4.70. The van der Waals surface area contributed by atoms with Gasteiger partial charge in [-0.2, -0.15) is 0 Å². The molecule has 15 heteroatoms. The van der Waals surface area contributed by atoms with Crippen molar-refractivity contribution < 1.29 is 52.3 Å². The molecule has 0 unspecified atom stereocenters. The van der Waals surface area contributed by atoms with Gasteiger partial charge in [0.05, 0.1) is 106 Å². The van der Waals surface area contributed by atoms with Gasteiger partial charge in [-0.05, 0) is 6.42 Å². The Kier molecular flexibility index (Phi) is 27.6. The Hall–Kier alpha value is -1.95. The van der Waals surface area contributed by atoms with E-state index >= 15 is 0 Å². The first kappa shape index (κ1) is 37.0. The summed E-state index contributed by atoms with van der Waals surface area (Å²) in [7, 11) is 0. The van der Waals surface area contributed by atoms with Crippen molar-refractivity contribution in [2.24, 2.45) is 17.2 Å². The lowest BCUT2D eigenvalue weighted by atomic mass is 10.1. The summed E-state index contributed by atoms with van der Waals surface area (Å²) in [6, 6.07) is -0.938. The van der Waals surface area contributed by atoms with E-state index in [1.807, 2.05) is 0 Å². The summed E-state index contributed by atoms with van der Waals surface area (Å²) in [6.07, 6.45) is 0.0651. The number of nitrogens with one attached hydrogen (secondary N) is 1. The summed E-state index contributed by atoms with van der Waals surface area (Å²) in [5.74, 6) is -1.70. The maximum Gasteiger partial charge on any atom is 0.240 e. The van der Waals surface area contributed by atoms with E-state index in [0.29, 0.717) is 106 Å². The molecule has 0 heterocycles. The molecule has 0 aromatic rings. The topological polar surface area (TPSA) is 215 Å². The first-order chi connectivity index (χ1) is 19.0. The molecule has 0 saturated heterocycles. The van der Waals surface area contributed by atoms with Crippen LogP contribution >= 0.6 is 0 Å². The fourth-order valence-corrected chi connectivity index (χ4v) is 2.73. The number of carbonyl (C=O) groups excluding carboxylic acids is 3. The van der Waals surface area contributed by atoms with E-state index in [2.05, 4.69) is 5.32 Å². The van der Waals surface area contributed by atoms with Crippen LogP contribution in [0.2, 0.25) is 0 Å². The molecule has 0 aliphatic carbocycles. The van der Waals surface area contributed by atoms with Crippen molar-refractivity contribution in [1.29, 1.82) is 0 Å². The molecule has 0 aromatic heterocycles. The van der Waals surface area contributed by atoms with Crippen molar-refractivity contribution in [3.05, 3.63) is 0 Å². The molecule has 3 amide bonds. The number of rotatable bonds is 31. The van der Waals surface area contributed by atoms with Gasteiger partial charge >= 0.3 is 0 Å². The molecule has 0 bridgehead atoms. The summed E-state index contributed by atoms with van der Waals surface area (Å²) in [5, 5.41) is 2.46. The molecule has 15 nitrogen and oxygen atoms in total. The van der Waals surface area contributed by atoms with Crippen LogP contribution in [0.3, 0.4) is 0 Å². The number of hydrogen-bond donors (Lipinski definition) is 4. The third-order valence-electron chi connectivity index (χ3n) is 4.70. The van der Waals surface area contributed by atoms with Crippen molar-refractivity contribution in [3.8, 4) is 0 Å². The largest absolute Gasteiger partial charge is 0.379 e. The average molecular weight is 569 g/mol. The van der Waals surface area contributed by atoms with E-state index in [-0.39, 0.29) is 25.9 Å². The number of ether oxygens (including phenoxy) is 8. The maximum absolute atomic E-state index is 11.8. The van der Waals surface area contributed by atoms with Gasteiger partial charge in [0.15, 0.2) is 0 Å². The average Bonchev–Trinajstić information content (AvgIpc) is 2.90. The van der Waals surface area contributed by atoms with Crippen LogP contribution in [-0.4, -0.2) is 136 Å². The van der Waals surface area contributed by atoms with Crippen LogP contribution in [0.4, 0.5) is 0 Å². The predicted molar refractivity (Wildman–Crippen MR) is 140 cm³/mol. The zero-order valence-electron chi connectivity index (χ0n) is 22.9. The number of hydrogen-bond acceptors (Lipinski definition) is 12. The second-order valence-corrected chi connectivity index (χ2v) is 7.97. The second-order valence-electron chi connectivity index (χ2n) is 7.97. The van der Waals surface area contributed by atoms with Gasteiger partial charge in [-0.15, -0.1) is 0 Å². The van der Waals surface area contributed by atoms with Gasteiger partial charge in [-0.3, -0.25) is 14.4 Å². The molecule has 0 rings (SSSR count). The van der Waals surface area contributed by atoms with Gasteiger partial charge in [-0.25, -0.2) is 0 Å². The first-order valence-electron chi connectivity index (χ1n) is 13.2. The molecule has 0 aromatic carbocycles. The molecule has 7 N–H and O–H groups in total. The summed E-state index contributed by atoms with van der Waals surface area (Å²) < 4.78 is 42.8.